The van der Waals surface area contributed by atoms with E-state index in [0.29, 0.717) is 10.9 Å². The summed E-state index contributed by atoms with van der Waals surface area (Å²) in [6, 6.07) is 9.45. The highest BCUT2D eigenvalue weighted by molar-refractivity contribution is 8.14. The van der Waals surface area contributed by atoms with Crippen molar-refractivity contribution in [3.8, 4) is 6.19 Å². The van der Waals surface area contributed by atoms with Crippen LogP contribution in [0.5, 0.6) is 0 Å². The number of allylic oxidation sites excluding steroid dienone is 2. The molecule has 20 heavy (non-hydrogen) atoms. The van der Waals surface area contributed by atoms with Gasteiger partial charge in [0.25, 0.3) is 0 Å². The van der Waals surface area contributed by atoms with Gasteiger partial charge in [0.15, 0.2) is 11.4 Å². The third-order valence-electron chi connectivity index (χ3n) is 2.08. The van der Waals surface area contributed by atoms with Crippen molar-refractivity contribution in [3.05, 3.63) is 52.5 Å². The summed E-state index contributed by atoms with van der Waals surface area (Å²) in [5.74, 6) is 0.678. The molecule has 0 saturated heterocycles. The van der Waals surface area contributed by atoms with E-state index in [9.17, 15) is 0 Å². The van der Waals surface area contributed by atoms with Crippen molar-refractivity contribution < 1.29 is 0 Å². The summed E-state index contributed by atoms with van der Waals surface area (Å²) >= 11 is 12.5. The van der Waals surface area contributed by atoms with Crippen molar-refractivity contribution >= 4 is 45.8 Å². The molecule has 1 rings (SSSR count). The molecule has 0 bridgehead atoms. The van der Waals surface area contributed by atoms with Crippen molar-refractivity contribution in [2.24, 2.45) is 4.99 Å². The zero-order valence-electron chi connectivity index (χ0n) is 10.8. The van der Waals surface area contributed by atoms with Gasteiger partial charge in [-0.05, 0) is 25.1 Å². The first kappa shape index (κ1) is 16.6. The highest BCUT2D eigenvalue weighted by Gasteiger charge is 2.01. The van der Waals surface area contributed by atoms with Crippen molar-refractivity contribution in [3.63, 3.8) is 0 Å². The van der Waals surface area contributed by atoms with E-state index >= 15 is 0 Å². The summed E-state index contributed by atoms with van der Waals surface area (Å²) in [6.07, 6.45) is 5.33. The number of nitrogens with zero attached hydrogens (tertiary/aromatic N) is 2. The number of para-hydroxylation sites is 1. The summed E-state index contributed by atoms with van der Waals surface area (Å²) in [5.41, 5.74) is 1.86. The van der Waals surface area contributed by atoms with Crippen molar-refractivity contribution in [2.75, 3.05) is 5.75 Å². The third kappa shape index (κ3) is 7.25. The van der Waals surface area contributed by atoms with Crippen LogP contribution in [0.3, 0.4) is 0 Å². The van der Waals surface area contributed by atoms with Gasteiger partial charge in [0, 0.05) is 5.75 Å². The summed E-state index contributed by atoms with van der Waals surface area (Å²) < 4.78 is 0.211. The minimum absolute atomic E-state index is 0.211. The van der Waals surface area contributed by atoms with Crippen molar-refractivity contribution in [2.45, 2.75) is 6.92 Å². The van der Waals surface area contributed by atoms with Gasteiger partial charge in [0.1, 0.15) is 4.49 Å². The molecule has 104 valence electrons. The number of rotatable bonds is 4. The fourth-order valence-corrected chi connectivity index (χ4v) is 2.07. The van der Waals surface area contributed by atoms with E-state index in [0.717, 1.165) is 11.3 Å². The van der Waals surface area contributed by atoms with Crippen LogP contribution in [0, 0.1) is 11.5 Å². The van der Waals surface area contributed by atoms with E-state index in [2.05, 4.69) is 10.3 Å². The van der Waals surface area contributed by atoms with Crippen LogP contribution in [0.2, 0.25) is 0 Å². The van der Waals surface area contributed by atoms with Crippen LogP contribution in [0.4, 0.5) is 5.69 Å². The number of halogens is 2. The monoisotopic (exact) mass is 325 g/mol. The molecule has 0 fully saturated rings. The van der Waals surface area contributed by atoms with E-state index in [1.807, 2.05) is 49.5 Å². The first-order valence-corrected chi connectivity index (χ1v) is 7.46. The van der Waals surface area contributed by atoms with Crippen LogP contribution >= 0.6 is 35.0 Å². The predicted molar refractivity (Wildman–Crippen MR) is 88.3 cm³/mol. The van der Waals surface area contributed by atoms with Crippen molar-refractivity contribution in [1.29, 1.82) is 5.26 Å². The maximum Gasteiger partial charge on any atom is 0.183 e. The van der Waals surface area contributed by atoms with Gasteiger partial charge in [-0.1, -0.05) is 64.8 Å². The highest BCUT2D eigenvalue weighted by atomic mass is 35.5. The number of amidine groups is 1. The molecule has 0 aliphatic heterocycles. The second kappa shape index (κ2) is 9.49. The first-order valence-electron chi connectivity index (χ1n) is 5.72. The molecule has 0 amide bonds. The summed E-state index contributed by atoms with van der Waals surface area (Å²) in [6.45, 7) is 1.95. The molecule has 0 aromatic heterocycles. The molecule has 0 aliphatic carbocycles. The van der Waals surface area contributed by atoms with Crippen LogP contribution in [0.1, 0.15) is 6.92 Å². The highest BCUT2D eigenvalue weighted by Crippen LogP contribution is 2.16. The van der Waals surface area contributed by atoms with Gasteiger partial charge >= 0.3 is 0 Å². The molecule has 0 heterocycles. The number of nitriles is 1. The Morgan fingerprint density at radius 2 is 2.05 bits per heavy atom. The molecule has 0 saturated carbocycles. The van der Waals surface area contributed by atoms with Crippen LogP contribution in [0.25, 0.3) is 0 Å². The fraction of sp³-hybridized carbons (Fsp3) is 0.143. The summed E-state index contributed by atoms with van der Waals surface area (Å²) in [7, 11) is 0. The van der Waals surface area contributed by atoms with Crippen LogP contribution in [0.15, 0.2) is 57.5 Å². The second-order valence-corrected chi connectivity index (χ2v) is 5.72. The summed E-state index contributed by atoms with van der Waals surface area (Å²) in [4.78, 5) is 4.37. The lowest BCUT2D eigenvalue weighted by Crippen LogP contribution is -2.14. The molecule has 6 heteroatoms. The standard InChI is InChI=1S/C14H13Cl2N3S/c1-11(7-8-13(15)16)9-20-14(18-10-17)19-12-5-3-2-4-6-12/h2-8H,9H2,1H3,(H,18,19)/b11-7-. The van der Waals surface area contributed by atoms with Gasteiger partial charge in [-0.2, -0.15) is 5.26 Å². The Bertz CT molecular complexity index is 556. The lowest BCUT2D eigenvalue weighted by atomic mass is 10.3. The van der Waals surface area contributed by atoms with E-state index < -0.39 is 0 Å². The Balaban J connectivity index is 2.70. The van der Waals surface area contributed by atoms with Gasteiger partial charge in [0.2, 0.25) is 0 Å². The van der Waals surface area contributed by atoms with Crippen LogP contribution < -0.4 is 5.32 Å². The molecular formula is C14H13Cl2N3S. The number of thioether (sulfide) groups is 1. The normalized spacial score (nSPS) is 11.7. The molecule has 0 spiro atoms. The lowest BCUT2D eigenvalue weighted by molar-refractivity contribution is 1.28. The number of nitrogens with one attached hydrogen (secondary N) is 1. The number of hydrogen-bond donors (Lipinski definition) is 1. The number of hydrogen-bond acceptors (Lipinski definition) is 3. The quantitative estimate of drug-likeness (QED) is 0.286. The summed E-state index contributed by atoms with van der Waals surface area (Å²) in [5, 5.41) is 11.9. The van der Waals surface area contributed by atoms with Crippen LogP contribution in [-0.4, -0.2) is 10.9 Å². The van der Waals surface area contributed by atoms with E-state index in [4.69, 9.17) is 28.5 Å². The Kier molecular flexibility index (Phi) is 7.89. The van der Waals surface area contributed by atoms with Gasteiger partial charge in [-0.15, -0.1) is 0 Å². The van der Waals surface area contributed by atoms with Gasteiger partial charge in [-0.25, -0.2) is 4.99 Å². The Morgan fingerprint density at radius 3 is 2.65 bits per heavy atom. The minimum atomic E-state index is 0.211. The third-order valence-corrected chi connectivity index (χ3v) is 3.40. The van der Waals surface area contributed by atoms with Crippen molar-refractivity contribution in [1.82, 2.24) is 5.32 Å². The topological polar surface area (TPSA) is 48.2 Å². The Morgan fingerprint density at radius 1 is 1.35 bits per heavy atom. The SMILES string of the molecule is C/C(=C/C=C(Cl)Cl)CSC(=Nc1ccccc1)NC#N. The fourth-order valence-electron chi connectivity index (χ4n) is 1.20. The number of aliphatic imine (C=N–C) groups is 1. The van der Waals surface area contributed by atoms with E-state index in [1.54, 1.807) is 6.08 Å². The Labute approximate surface area is 133 Å². The largest absolute Gasteiger partial charge is 0.271 e. The maximum atomic E-state index is 8.74. The molecule has 0 atom stereocenters. The molecule has 3 nitrogen and oxygen atoms in total. The second-order valence-electron chi connectivity index (χ2n) is 3.75. The molecular weight excluding hydrogens is 313 g/mol. The lowest BCUT2D eigenvalue weighted by Gasteiger charge is -2.04. The van der Waals surface area contributed by atoms with E-state index in [1.165, 1.54) is 11.8 Å². The van der Waals surface area contributed by atoms with Gasteiger partial charge in [0.05, 0.1) is 5.69 Å². The minimum Gasteiger partial charge on any atom is -0.271 e. The zero-order chi connectivity index (χ0) is 14.8. The Hall–Kier alpha value is -1.41. The van der Waals surface area contributed by atoms with Gasteiger partial charge < -0.3 is 0 Å². The predicted octanol–water partition coefficient (Wildman–Crippen LogP) is 4.74. The van der Waals surface area contributed by atoms with Crippen LogP contribution in [-0.2, 0) is 0 Å². The molecule has 1 aromatic rings. The molecule has 0 radical (unpaired) electrons. The van der Waals surface area contributed by atoms with Gasteiger partial charge in [-0.3, -0.25) is 5.32 Å². The molecule has 1 N–H and O–H groups in total. The molecule has 0 unspecified atom stereocenters. The number of benzene rings is 1. The smallest absolute Gasteiger partial charge is 0.183 e. The molecule has 0 aliphatic rings. The first-order chi connectivity index (χ1) is 9.61. The van der Waals surface area contributed by atoms with E-state index in [-0.39, 0.29) is 4.49 Å². The molecule has 1 aromatic carbocycles. The average Bonchev–Trinajstić information content (AvgIpc) is 2.44. The zero-order valence-corrected chi connectivity index (χ0v) is 13.1. The maximum absolute atomic E-state index is 8.74. The average molecular weight is 326 g/mol.